The summed E-state index contributed by atoms with van der Waals surface area (Å²) in [7, 11) is 0.991. The van der Waals surface area contributed by atoms with Gasteiger partial charge in [-0.05, 0) is 24.5 Å². The lowest BCUT2D eigenvalue weighted by atomic mass is 9.93. The zero-order valence-corrected chi connectivity index (χ0v) is 27.4. The Balaban J connectivity index is 0.000000420. The first-order chi connectivity index (χ1) is 21.0. The molecule has 0 saturated heterocycles. The normalized spacial score (nSPS) is 10.9. The van der Waals surface area contributed by atoms with E-state index in [1.54, 1.807) is 11.0 Å². The van der Waals surface area contributed by atoms with Gasteiger partial charge in [0.25, 0.3) is 21.5 Å². The third-order valence-electron chi connectivity index (χ3n) is 5.44. The fourth-order valence-electron chi connectivity index (χ4n) is 3.29. The summed E-state index contributed by atoms with van der Waals surface area (Å²) in [5.41, 5.74) is -0.329. The van der Waals surface area contributed by atoms with Gasteiger partial charge in [0.05, 0.1) is 25.8 Å². The van der Waals surface area contributed by atoms with Crippen molar-refractivity contribution in [2.24, 2.45) is 0 Å². The number of nitrogens with two attached hydrogens (primary N) is 1. The molecule has 0 fully saturated rings. The SMILES string of the molecule is COc1cc(OC)nc(NC(=O)NS(=O)(=O)c2cc(NC=O)ccc2C(=O)N(C)C)n1.CSc1nnc(C(C)(C)C)c(=O)n1N. The predicted molar refractivity (Wildman–Crippen MR) is 166 cm³/mol. The van der Waals surface area contributed by atoms with Gasteiger partial charge in [-0.3, -0.25) is 19.7 Å². The second-order valence-corrected chi connectivity index (χ2v) is 12.4. The Labute approximate surface area is 263 Å². The van der Waals surface area contributed by atoms with E-state index in [-0.39, 0.29) is 39.9 Å². The number of carbonyl (C=O) groups is 3. The van der Waals surface area contributed by atoms with Gasteiger partial charge in [-0.15, -0.1) is 10.2 Å². The molecule has 3 rings (SSSR count). The van der Waals surface area contributed by atoms with Crippen molar-refractivity contribution in [2.75, 3.05) is 51.0 Å². The van der Waals surface area contributed by atoms with Crippen molar-refractivity contribution < 1.29 is 32.3 Å². The Morgan fingerprint density at radius 1 is 1.07 bits per heavy atom. The number of aromatic nitrogens is 5. The molecule has 3 aromatic rings. The number of hydrogen-bond donors (Lipinski definition) is 4. The molecule has 0 bridgehead atoms. The molecule has 0 spiro atoms. The summed E-state index contributed by atoms with van der Waals surface area (Å²) < 4.78 is 38.4. The van der Waals surface area contributed by atoms with Gasteiger partial charge in [0.15, 0.2) is 0 Å². The molecule has 2 aromatic heterocycles. The summed E-state index contributed by atoms with van der Waals surface area (Å²) in [5, 5.41) is 12.6. The van der Waals surface area contributed by atoms with E-state index in [1.165, 1.54) is 58.3 Å². The minimum atomic E-state index is -4.54. The van der Waals surface area contributed by atoms with Gasteiger partial charge in [-0.1, -0.05) is 32.5 Å². The lowest BCUT2D eigenvalue weighted by Crippen LogP contribution is -2.37. The van der Waals surface area contributed by atoms with Crippen LogP contribution < -0.4 is 36.2 Å². The third kappa shape index (κ3) is 9.50. The highest BCUT2D eigenvalue weighted by atomic mass is 32.2. The maximum Gasteiger partial charge on any atom is 0.335 e. The molecule has 0 aliphatic rings. The van der Waals surface area contributed by atoms with Gasteiger partial charge in [0.2, 0.25) is 29.3 Å². The third-order valence-corrected chi connectivity index (χ3v) is 7.45. The molecular formula is C25H34N10O8S2. The monoisotopic (exact) mass is 666 g/mol. The van der Waals surface area contributed by atoms with Crippen LogP contribution in [0.4, 0.5) is 16.4 Å². The topological polar surface area (TPSA) is 243 Å². The lowest BCUT2D eigenvalue weighted by Gasteiger charge is -2.16. The number of ether oxygens (including phenoxy) is 2. The minimum absolute atomic E-state index is 0.0662. The standard InChI is InChI=1S/C17H20N6O7S.C8H14N4OS/c1-23(2)15(25)11-6-5-10(18-9-24)7-12(11)31(27,28)22-17(26)21-16-19-13(29-3)8-14(20-16)30-4;1-8(2,3)5-6(13)12(9)7(14-4)11-10-5/h5-9H,1-4H3,(H,18,24)(H2,19,20,21,22,26);9H2,1-4H3. The average molecular weight is 667 g/mol. The summed E-state index contributed by atoms with van der Waals surface area (Å²) in [5.74, 6) is 4.79. The maximum atomic E-state index is 12.8. The molecule has 0 radical (unpaired) electrons. The molecule has 0 saturated carbocycles. The number of carbonyl (C=O) groups excluding carboxylic acids is 3. The van der Waals surface area contributed by atoms with Crippen LogP contribution in [0.1, 0.15) is 36.8 Å². The van der Waals surface area contributed by atoms with Gasteiger partial charge >= 0.3 is 6.03 Å². The van der Waals surface area contributed by atoms with Crippen molar-refractivity contribution in [3.05, 3.63) is 45.9 Å². The zero-order chi connectivity index (χ0) is 34.1. The first-order valence-corrected chi connectivity index (χ1v) is 15.4. The van der Waals surface area contributed by atoms with Crippen molar-refractivity contribution in [1.82, 2.24) is 34.5 Å². The predicted octanol–water partition coefficient (Wildman–Crippen LogP) is 0.646. The van der Waals surface area contributed by atoms with Gasteiger partial charge in [0.1, 0.15) is 10.6 Å². The highest BCUT2D eigenvalue weighted by Gasteiger charge is 2.27. The Morgan fingerprint density at radius 2 is 1.67 bits per heavy atom. The van der Waals surface area contributed by atoms with E-state index in [9.17, 15) is 27.6 Å². The van der Waals surface area contributed by atoms with Crippen LogP contribution in [0.2, 0.25) is 0 Å². The number of methoxy groups -OCH3 is 2. The molecule has 0 aliphatic heterocycles. The number of anilines is 2. The van der Waals surface area contributed by atoms with Crippen LogP contribution in [0.3, 0.4) is 0 Å². The fraction of sp³-hybridized carbons (Fsp3) is 0.360. The summed E-state index contributed by atoms with van der Waals surface area (Å²) in [6.45, 7) is 5.70. The van der Waals surface area contributed by atoms with Crippen molar-refractivity contribution in [3.63, 3.8) is 0 Å². The summed E-state index contributed by atoms with van der Waals surface area (Å²) in [6, 6.07) is 3.76. The quantitative estimate of drug-likeness (QED) is 0.139. The lowest BCUT2D eigenvalue weighted by molar-refractivity contribution is -0.105. The van der Waals surface area contributed by atoms with E-state index in [2.05, 4.69) is 30.8 Å². The summed E-state index contributed by atoms with van der Waals surface area (Å²) in [4.78, 5) is 55.5. The van der Waals surface area contributed by atoms with Crippen LogP contribution >= 0.6 is 11.8 Å². The Hall–Kier alpha value is -4.98. The molecule has 45 heavy (non-hydrogen) atoms. The Bertz CT molecular complexity index is 1700. The molecule has 18 nitrogen and oxygen atoms in total. The second-order valence-electron chi connectivity index (χ2n) is 9.97. The number of amides is 4. The van der Waals surface area contributed by atoms with Crippen LogP contribution in [0.15, 0.2) is 39.1 Å². The van der Waals surface area contributed by atoms with E-state index >= 15 is 0 Å². The molecule has 4 amide bonds. The maximum absolute atomic E-state index is 12.8. The van der Waals surface area contributed by atoms with Crippen LogP contribution in [0.5, 0.6) is 11.8 Å². The minimum Gasteiger partial charge on any atom is -0.481 e. The second kappa shape index (κ2) is 15.1. The number of nitrogens with one attached hydrogen (secondary N) is 3. The number of nitrogens with zero attached hydrogens (tertiary/aromatic N) is 6. The van der Waals surface area contributed by atoms with Crippen LogP contribution in [0, 0.1) is 0 Å². The number of urea groups is 1. The molecule has 0 aliphatic carbocycles. The van der Waals surface area contributed by atoms with Gasteiger partial charge in [-0.25, -0.2) is 17.9 Å². The number of thioether (sulfide) groups is 1. The number of hydrogen-bond acceptors (Lipinski definition) is 14. The molecule has 244 valence electrons. The number of benzene rings is 1. The molecule has 0 atom stereocenters. The number of nitrogen functional groups attached to an aromatic ring is 1. The number of rotatable bonds is 9. The number of sulfonamides is 1. The highest BCUT2D eigenvalue weighted by molar-refractivity contribution is 7.98. The smallest absolute Gasteiger partial charge is 0.335 e. The fourth-order valence-corrected chi connectivity index (χ4v) is 4.82. The zero-order valence-electron chi connectivity index (χ0n) is 25.7. The van der Waals surface area contributed by atoms with E-state index in [1.807, 2.05) is 20.8 Å². The van der Waals surface area contributed by atoms with Gasteiger partial charge in [0, 0.05) is 25.2 Å². The summed E-state index contributed by atoms with van der Waals surface area (Å²) >= 11 is 1.29. The molecule has 1 aromatic carbocycles. The molecule has 20 heteroatoms. The molecule has 2 heterocycles. The van der Waals surface area contributed by atoms with Crippen molar-refractivity contribution in [1.29, 1.82) is 0 Å². The molecule has 0 unspecified atom stereocenters. The Morgan fingerprint density at radius 3 is 2.16 bits per heavy atom. The van der Waals surface area contributed by atoms with Crippen molar-refractivity contribution in [3.8, 4) is 11.8 Å². The summed E-state index contributed by atoms with van der Waals surface area (Å²) in [6.07, 6.45) is 2.14. The van der Waals surface area contributed by atoms with E-state index in [4.69, 9.17) is 15.3 Å². The van der Waals surface area contributed by atoms with Gasteiger partial charge < -0.3 is 25.5 Å². The highest BCUT2D eigenvalue weighted by Crippen LogP contribution is 2.23. The van der Waals surface area contributed by atoms with Crippen molar-refractivity contribution in [2.45, 2.75) is 36.2 Å². The largest absolute Gasteiger partial charge is 0.481 e. The van der Waals surface area contributed by atoms with Crippen LogP contribution in [-0.4, -0.2) is 91.1 Å². The molecular weight excluding hydrogens is 632 g/mol. The first-order valence-electron chi connectivity index (χ1n) is 12.6. The average Bonchev–Trinajstić information content (AvgIpc) is 2.97. The van der Waals surface area contributed by atoms with Crippen LogP contribution in [0.25, 0.3) is 0 Å². The van der Waals surface area contributed by atoms with Crippen molar-refractivity contribution >= 4 is 51.8 Å². The van der Waals surface area contributed by atoms with Crippen LogP contribution in [-0.2, 0) is 20.2 Å². The van der Waals surface area contributed by atoms with E-state index < -0.39 is 26.9 Å². The van der Waals surface area contributed by atoms with E-state index in [0.29, 0.717) is 17.3 Å². The first kappa shape index (κ1) is 36.2. The molecule has 5 N–H and O–H groups in total. The Kier molecular flexibility index (Phi) is 12.2. The van der Waals surface area contributed by atoms with Gasteiger partial charge in [-0.2, -0.15) is 14.6 Å². The van der Waals surface area contributed by atoms with E-state index in [0.717, 1.165) is 15.6 Å².